The first kappa shape index (κ1) is 12.5. The molecule has 2 heteroatoms. The predicted molar refractivity (Wildman–Crippen MR) is 67.4 cm³/mol. The molecule has 84 valence electrons. The van der Waals surface area contributed by atoms with Gasteiger partial charge in [-0.3, -0.25) is 0 Å². The topological polar surface area (TPSA) is 12.0 Å². The van der Waals surface area contributed by atoms with E-state index in [4.69, 9.17) is 11.6 Å². The van der Waals surface area contributed by atoms with Crippen molar-refractivity contribution in [3.63, 3.8) is 0 Å². The molecule has 0 amide bonds. The van der Waals surface area contributed by atoms with E-state index in [1.165, 1.54) is 11.1 Å². The van der Waals surface area contributed by atoms with Gasteiger partial charge in [0.15, 0.2) is 0 Å². The molecule has 0 spiro atoms. The van der Waals surface area contributed by atoms with E-state index >= 15 is 0 Å². The maximum Gasteiger partial charge on any atom is 0.0438 e. The lowest BCUT2D eigenvalue weighted by atomic mass is 9.92. The molecule has 15 heavy (non-hydrogen) atoms. The Bertz CT molecular complexity index is 320. The summed E-state index contributed by atoms with van der Waals surface area (Å²) in [7, 11) is 0. The summed E-state index contributed by atoms with van der Waals surface area (Å²) in [5.41, 5.74) is 2.51. The number of halogens is 1. The second kappa shape index (κ2) is 5.53. The van der Waals surface area contributed by atoms with Crippen molar-refractivity contribution < 1.29 is 0 Å². The van der Waals surface area contributed by atoms with Crippen molar-refractivity contribution in [2.45, 2.75) is 33.7 Å². The molecule has 1 atom stereocenters. The lowest BCUT2D eigenvalue weighted by molar-refractivity contribution is 0.420. The Morgan fingerprint density at radius 2 is 2.00 bits per heavy atom. The van der Waals surface area contributed by atoms with Gasteiger partial charge in [-0.25, -0.2) is 0 Å². The second-order valence-corrected chi connectivity index (χ2v) is 4.64. The largest absolute Gasteiger partial charge is 0.310 e. The van der Waals surface area contributed by atoms with Gasteiger partial charge in [0, 0.05) is 11.1 Å². The van der Waals surface area contributed by atoms with Gasteiger partial charge >= 0.3 is 0 Å². The Labute approximate surface area is 97.8 Å². The molecule has 0 aliphatic heterocycles. The first-order valence-electron chi connectivity index (χ1n) is 5.56. The summed E-state index contributed by atoms with van der Waals surface area (Å²) in [4.78, 5) is 0. The standard InChI is InChI=1S/C13H20ClN/c1-5-15-13(9(2)3)11-7-6-8-12(14)10(11)4/h6-9,13,15H,5H2,1-4H3. The lowest BCUT2D eigenvalue weighted by Crippen LogP contribution is -2.26. The molecule has 1 unspecified atom stereocenters. The summed E-state index contributed by atoms with van der Waals surface area (Å²) < 4.78 is 0. The average Bonchev–Trinajstić information content (AvgIpc) is 2.19. The van der Waals surface area contributed by atoms with Gasteiger partial charge in [0.1, 0.15) is 0 Å². The molecule has 0 aliphatic rings. The Balaban J connectivity index is 3.05. The van der Waals surface area contributed by atoms with Crippen LogP contribution in [-0.2, 0) is 0 Å². The summed E-state index contributed by atoms with van der Waals surface area (Å²) in [6.45, 7) is 9.66. The average molecular weight is 226 g/mol. The van der Waals surface area contributed by atoms with Gasteiger partial charge in [0.2, 0.25) is 0 Å². The van der Waals surface area contributed by atoms with Crippen LogP contribution in [0.3, 0.4) is 0 Å². The van der Waals surface area contributed by atoms with Crippen LogP contribution in [0.1, 0.15) is 37.9 Å². The molecule has 0 aromatic heterocycles. The van der Waals surface area contributed by atoms with Crippen molar-refractivity contribution in [3.05, 3.63) is 34.3 Å². The van der Waals surface area contributed by atoms with Gasteiger partial charge in [0.05, 0.1) is 0 Å². The van der Waals surface area contributed by atoms with Gasteiger partial charge in [-0.1, -0.05) is 44.5 Å². The molecule has 0 aliphatic carbocycles. The molecular weight excluding hydrogens is 206 g/mol. The zero-order chi connectivity index (χ0) is 11.4. The molecule has 0 bridgehead atoms. The van der Waals surface area contributed by atoms with Gasteiger partial charge in [-0.15, -0.1) is 0 Å². The minimum atomic E-state index is 0.397. The van der Waals surface area contributed by atoms with Crippen molar-refractivity contribution >= 4 is 11.6 Å². The highest BCUT2D eigenvalue weighted by molar-refractivity contribution is 6.31. The molecule has 1 N–H and O–H groups in total. The smallest absolute Gasteiger partial charge is 0.0438 e. The van der Waals surface area contributed by atoms with Crippen molar-refractivity contribution in [1.82, 2.24) is 5.32 Å². The van der Waals surface area contributed by atoms with Crippen molar-refractivity contribution in [2.24, 2.45) is 5.92 Å². The molecule has 0 fully saturated rings. The van der Waals surface area contributed by atoms with Crippen LogP contribution in [0, 0.1) is 12.8 Å². The minimum absolute atomic E-state index is 0.397. The Hall–Kier alpha value is -0.530. The van der Waals surface area contributed by atoms with Crippen LogP contribution in [-0.4, -0.2) is 6.54 Å². The van der Waals surface area contributed by atoms with Crippen LogP contribution >= 0.6 is 11.6 Å². The third-order valence-electron chi connectivity index (χ3n) is 2.74. The van der Waals surface area contributed by atoms with E-state index in [0.29, 0.717) is 12.0 Å². The SMILES string of the molecule is CCNC(c1cccc(Cl)c1C)C(C)C. The van der Waals surface area contributed by atoms with Crippen LogP contribution in [0.4, 0.5) is 0 Å². The van der Waals surface area contributed by atoms with Gasteiger partial charge < -0.3 is 5.32 Å². The van der Waals surface area contributed by atoms with E-state index in [1.54, 1.807) is 0 Å². The Morgan fingerprint density at radius 1 is 1.33 bits per heavy atom. The highest BCUT2D eigenvalue weighted by Crippen LogP contribution is 2.28. The predicted octanol–water partition coefficient (Wildman–Crippen LogP) is 3.96. The first-order chi connectivity index (χ1) is 7.07. The van der Waals surface area contributed by atoms with Crippen molar-refractivity contribution in [3.8, 4) is 0 Å². The molecule has 0 saturated carbocycles. The van der Waals surface area contributed by atoms with Crippen LogP contribution < -0.4 is 5.32 Å². The molecule has 1 rings (SSSR count). The van der Waals surface area contributed by atoms with Crippen LogP contribution in [0.5, 0.6) is 0 Å². The zero-order valence-corrected chi connectivity index (χ0v) is 10.7. The fraction of sp³-hybridized carbons (Fsp3) is 0.538. The van der Waals surface area contributed by atoms with E-state index < -0.39 is 0 Å². The van der Waals surface area contributed by atoms with Gasteiger partial charge in [-0.05, 0) is 36.6 Å². The molecule has 1 aromatic rings. The van der Waals surface area contributed by atoms with E-state index in [9.17, 15) is 0 Å². The normalized spacial score (nSPS) is 13.2. The fourth-order valence-corrected chi connectivity index (χ4v) is 2.07. The summed E-state index contributed by atoms with van der Waals surface area (Å²) >= 11 is 6.13. The van der Waals surface area contributed by atoms with Crippen molar-refractivity contribution in [1.29, 1.82) is 0 Å². The highest BCUT2D eigenvalue weighted by Gasteiger charge is 2.17. The highest BCUT2D eigenvalue weighted by atomic mass is 35.5. The fourth-order valence-electron chi connectivity index (χ4n) is 1.89. The molecule has 0 saturated heterocycles. The number of hydrogen-bond acceptors (Lipinski definition) is 1. The van der Waals surface area contributed by atoms with Gasteiger partial charge in [-0.2, -0.15) is 0 Å². The van der Waals surface area contributed by atoms with E-state index in [0.717, 1.165) is 11.6 Å². The van der Waals surface area contributed by atoms with E-state index in [2.05, 4.69) is 39.1 Å². The van der Waals surface area contributed by atoms with Crippen molar-refractivity contribution in [2.75, 3.05) is 6.54 Å². The lowest BCUT2D eigenvalue weighted by Gasteiger charge is -2.24. The zero-order valence-electron chi connectivity index (χ0n) is 9.97. The minimum Gasteiger partial charge on any atom is -0.310 e. The number of rotatable bonds is 4. The third-order valence-corrected chi connectivity index (χ3v) is 3.14. The summed E-state index contributed by atoms with van der Waals surface area (Å²) in [6.07, 6.45) is 0. The third kappa shape index (κ3) is 2.96. The summed E-state index contributed by atoms with van der Waals surface area (Å²) in [5.74, 6) is 0.571. The summed E-state index contributed by atoms with van der Waals surface area (Å²) in [6, 6.07) is 6.53. The van der Waals surface area contributed by atoms with E-state index in [1.807, 2.05) is 12.1 Å². The van der Waals surface area contributed by atoms with E-state index in [-0.39, 0.29) is 0 Å². The number of hydrogen-bond donors (Lipinski definition) is 1. The maximum atomic E-state index is 6.13. The first-order valence-corrected chi connectivity index (χ1v) is 5.94. The maximum absolute atomic E-state index is 6.13. The Morgan fingerprint density at radius 3 is 2.53 bits per heavy atom. The molecule has 1 nitrogen and oxygen atoms in total. The van der Waals surface area contributed by atoms with Crippen LogP contribution in [0.25, 0.3) is 0 Å². The molecule has 1 aromatic carbocycles. The number of benzene rings is 1. The summed E-state index contributed by atoms with van der Waals surface area (Å²) in [5, 5.41) is 4.37. The monoisotopic (exact) mass is 225 g/mol. The molecule has 0 radical (unpaired) electrons. The van der Waals surface area contributed by atoms with Gasteiger partial charge in [0.25, 0.3) is 0 Å². The molecule has 0 heterocycles. The van der Waals surface area contributed by atoms with Crippen LogP contribution in [0.2, 0.25) is 5.02 Å². The quantitative estimate of drug-likeness (QED) is 0.818. The number of nitrogens with one attached hydrogen (secondary N) is 1. The second-order valence-electron chi connectivity index (χ2n) is 4.23. The Kier molecular flexibility index (Phi) is 4.62. The van der Waals surface area contributed by atoms with Crippen LogP contribution in [0.15, 0.2) is 18.2 Å². The molecular formula is C13H20ClN.